The van der Waals surface area contributed by atoms with E-state index in [0.29, 0.717) is 22.8 Å². The maximum absolute atomic E-state index is 12.5. The number of rotatable bonds is 4. The molecular formula is C17H20ClN3O3S. The van der Waals surface area contributed by atoms with Crippen LogP contribution in [0.3, 0.4) is 0 Å². The van der Waals surface area contributed by atoms with Crippen molar-refractivity contribution in [1.29, 1.82) is 0 Å². The van der Waals surface area contributed by atoms with E-state index >= 15 is 0 Å². The fourth-order valence-corrected chi connectivity index (χ4v) is 4.19. The summed E-state index contributed by atoms with van der Waals surface area (Å²) < 4.78 is 4.98. The van der Waals surface area contributed by atoms with E-state index in [0.717, 1.165) is 30.2 Å². The Balaban J connectivity index is 1.98. The molecule has 134 valence electrons. The van der Waals surface area contributed by atoms with Crippen LogP contribution in [0.15, 0.2) is 35.5 Å². The summed E-state index contributed by atoms with van der Waals surface area (Å²) >= 11 is 7.99. The topological polar surface area (TPSA) is 70.7 Å². The highest BCUT2D eigenvalue weighted by atomic mass is 35.5. The Bertz CT molecular complexity index is 704. The monoisotopic (exact) mass is 381 g/mol. The third kappa shape index (κ3) is 4.29. The molecule has 25 heavy (non-hydrogen) atoms. The van der Waals surface area contributed by atoms with Crippen molar-refractivity contribution < 1.29 is 14.3 Å². The predicted octanol–water partition coefficient (Wildman–Crippen LogP) is 2.17. The van der Waals surface area contributed by atoms with Crippen molar-refractivity contribution in [2.24, 2.45) is 0 Å². The Kier molecular flexibility index (Phi) is 5.88. The summed E-state index contributed by atoms with van der Waals surface area (Å²) in [6.45, 7) is 2.36. The van der Waals surface area contributed by atoms with Crippen LogP contribution in [0.25, 0.3) is 0 Å². The summed E-state index contributed by atoms with van der Waals surface area (Å²) in [6, 6.07) is 6.20. The second-order valence-electron chi connectivity index (χ2n) is 5.86. The van der Waals surface area contributed by atoms with E-state index < -0.39 is 12.0 Å². The maximum Gasteiger partial charge on any atom is 0.338 e. The van der Waals surface area contributed by atoms with Crippen LogP contribution in [0.4, 0.5) is 4.79 Å². The van der Waals surface area contributed by atoms with Gasteiger partial charge >= 0.3 is 12.0 Å². The Morgan fingerprint density at radius 1 is 1.40 bits per heavy atom. The van der Waals surface area contributed by atoms with Crippen molar-refractivity contribution in [2.45, 2.75) is 6.04 Å². The van der Waals surface area contributed by atoms with Gasteiger partial charge < -0.3 is 15.4 Å². The first-order chi connectivity index (χ1) is 12.1. The fourth-order valence-electron chi connectivity index (χ4n) is 3.01. The number of nitrogens with one attached hydrogen (secondary N) is 2. The molecule has 1 unspecified atom stereocenters. The van der Waals surface area contributed by atoms with Crippen molar-refractivity contribution in [1.82, 2.24) is 15.5 Å². The summed E-state index contributed by atoms with van der Waals surface area (Å²) in [5.41, 5.74) is 1.75. The molecule has 0 radical (unpaired) electrons. The summed E-state index contributed by atoms with van der Waals surface area (Å²) in [4.78, 5) is 26.9. The number of hydrogen-bond acceptors (Lipinski definition) is 5. The van der Waals surface area contributed by atoms with Crippen molar-refractivity contribution in [3.05, 3.63) is 46.1 Å². The molecule has 0 bridgehead atoms. The molecule has 0 saturated carbocycles. The zero-order chi connectivity index (χ0) is 17.8. The molecule has 1 aromatic rings. The standard InChI is InChI=1S/C17H20ClN3O3S/c1-24-16(22)14-13(10-21-5-7-25-8-6-21)19-17(23)20-15(14)11-3-2-4-12(18)9-11/h2-4,9,15H,5-8,10H2,1H3,(H2,19,20,23). The third-order valence-electron chi connectivity index (χ3n) is 4.23. The molecule has 1 fully saturated rings. The number of benzene rings is 1. The molecule has 1 saturated heterocycles. The van der Waals surface area contributed by atoms with E-state index in [1.165, 1.54) is 7.11 Å². The van der Waals surface area contributed by atoms with Crippen LogP contribution in [0, 0.1) is 0 Å². The maximum atomic E-state index is 12.5. The number of nitrogens with zero attached hydrogens (tertiary/aromatic N) is 1. The minimum absolute atomic E-state index is 0.334. The number of ether oxygens (including phenoxy) is 1. The third-order valence-corrected chi connectivity index (χ3v) is 5.40. The quantitative estimate of drug-likeness (QED) is 0.782. The van der Waals surface area contributed by atoms with Crippen LogP contribution in [0.2, 0.25) is 5.02 Å². The Morgan fingerprint density at radius 3 is 2.84 bits per heavy atom. The molecule has 2 N–H and O–H groups in total. The zero-order valence-electron chi connectivity index (χ0n) is 13.9. The van der Waals surface area contributed by atoms with Gasteiger partial charge in [-0.1, -0.05) is 23.7 Å². The summed E-state index contributed by atoms with van der Waals surface area (Å²) in [5, 5.41) is 6.14. The lowest BCUT2D eigenvalue weighted by atomic mass is 9.95. The van der Waals surface area contributed by atoms with E-state index in [9.17, 15) is 9.59 Å². The summed E-state index contributed by atoms with van der Waals surface area (Å²) in [7, 11) is 1.34. The Hall–Kier alpha value is -1.70. The normalized spacial score (nSPS) is 21.5. The SMILES string of the molecule is COC(=O)C1=C(CN2CCSCC2)NC(=O)NC1c1cccc(Cl)c1. The molecule has 2 heterocycles. The molecule has 0 aliphatic carbocycles. The average molecular weight is 382 g/mol. The van der Waals surface area contributed by atoms with Gasteiger partial charge in [0.25, 0.3) is 0 Å². The number of hydrogen-bond donors (Lipinski definition) is 2. The second-order valence-corrected chi connectivity index (χ2v) is 7.52. The number of thioether (sulfide) groups is 1. The van der Waals surface area contributed by atoms with Gasteiger partial charge in [-0.15, -0.1) is 0 Å². The van der Waals surface area contributed by atoms with E-state index in [4.69, 9.17) is 16.3 Å². The number of urea groups is 1. The van der Waals surface area contributed by atoms with Gasteiger partial charge in [-0.05, 0) is 17.7 Å². The summed E-state index contributed by atoms with van der Waals surface area (Å²) in [5.74, 6) is 1.63. The van der Waals surface area contributed by atoms with Crippen molar-refractivity contribution >= 4 is 35.4 Å². The zero-order valence-corrected chi connectivity index (χ0v) is 15.5. The van der Waals surface area contributed by atoms with Gasteiger partial charge in [0.15, 0.2) is 0 Å². The second kappa shape index (κ2) is 8.12. The molecule has 1 atom stereocenters. The van der Waals surface area contributed by atoms with E-state index in [1.54, 1.807) is 18.2 Å². The lowest BCUT2D eigenvalue weighted by molar-refractivity contribution is -0.136. The van der Waals surface area contributed by atoms with Crippen LogP contribution in [0.5, 0.6) is 0 Å². The van der Waals surface area contributed by atoms with Crippen molar-refractivity contribution in [3.63, 3.8) is 0 Å². The van der Waals surface area contributed by atoms with Crippen molar-refractivity contribution in [2.75, 3.05) is 38.2 Å². The van der Waals surface area contributed by atoms with E-state index in [-0.39, 0.29) is 6.03 Å². The Morgan fingerprint density at radius 2 is 2.16 bits per heavy atom. The minimum Gasteiger partial charge on any atom is -0.466 e. The fraction of sp³-hybridized carbons (Fsp3) is 0.412. The lowest BCUT2D eigenvalue weighted by Gasteiger charge is -2.33. The van der Waals surface area contributed by atoms with Gasteiger partial charge in [0, 0.05) is 41.9 Å². The molecule has 2 amide bonds. The number of halogens is 1. The molecule has 2 aliphatic heterocycles. The minimum atomic E-state index is -0.589. The van der Waals surface area contributed by atoms with Crippen LogP contribution < -0.4 is 10.6 Å². The van der Waals surface area contributed by atoms with Crippen LogP contribution in [0.1, 0.15) is 11.6 Å². The van der Waals surface area contributed by atoms with Gasteiger partial charge in [0.2, 0.25) is 0 Å². The highest BCUT2D eigenvalue weighted by Gasteiger charge is 2.34. The number of amides is 2. The van der Waals surface area contributed by atoms with Gasteiger partial charge in [0.05, 0.1) is 18.7 Å². The first-order valence-electron chi connectivity index (χ1n) is 8.03. The van der Waals surface area contributed by atoms with E-state index in [2.05, 4.69) is 15.5 Å². The highest BCUT2D eigenvalue weighted by molar-refractivity contribution is 7.99. The molecule has 0 aromatic heterocycles. The Labute approximate surface area is 155 Å². The van der Waals surface area contributed by atoms with Crippen LogP contribution >= 0.6 is 23.4 Å². The first-order valence-corrected chi connectivity index (χ1v) is 9.56. The van der Waals surface area contributed by atoms with Gasteiger partial charge in [-0.2, -0.15) is 11.8 Å². The lowest BCUT2D eigenvalue weighted by Crippen LogP contribution is -2.49. The molecular weight excluding hydrogens is 362 g/mol. The average Bonchev–Trinajstić information content (AvgIpc) is 2.61. The van der Waals surface area contributed by atoms with Gasteiger partial charge in [0.1, 0.15) is 0 Å². The van der Waals surface area contributed by atoms with Crippen LogP contribution in [-0.2, 0) is 9.53 Å². The van der Waals surface area contributed by atoms with Gasteiger partial charge in [-0.25, -0.2) is 9.59 Å². The van der Waals surface area contributed by atoms with Crippen molar-refractivity contribution in [3.8, 4) is 0 Å². The highest BCUT2D eigenvalue weighted by Crippen LogP contribution is 2.29. The number of carbonyl (C=O) groups excluding carboxylic acids is 2. The number of carbonyl (C=O) groups is 2. The van der Waals surface area contributed by atoms with Gasteiger partial charge in [-0.3, -0.25) is 4.90 Å². The molecule has 2 aliphatic rings. The number of esters is 1. The molecule has 0 spiro atoms. The van der Waals surface area contributed by atoms with E-state index in [1.807, 2.05) is 17.8 Å². The largest absolute Gasteiger partial charge is 0.466 e. The van der Waals surface area contributed by atoms with Crippen LogP contribution in [-0.4, -0.2) is 55.2 Å². The molecule has 8 heteroatoms. The molecule has 1 aromatic carbocycles. The molecule has 6 nitrogen and oxygen atoms in total. The first kappa shape index (κ1) is 18.1. The predicted molar refractivity (Wildman–Crippen MR) is 98.7 cm³/mol. The molecule has 3 rings (SSSR count). The number of methoxy groups -OCH3 is 1. The summed E-state index contributed by atoms with van der Waals surface area (Å²) in [6.07, 6.45) is 0. The smallest absolute Gasteiger partial charge is 0.338 e.